The molecular weight excluding hydrogens is 262 g/mol. The molecule has 4 heteroatoms. The average molecular weight is 276 g/mol. The minimum Gasteiger partial charge on any atom is -0.464 e. The lowest BCUT2D eigenvalue weighted by Crippen LogP contribution is -2.33. The van der Waals surface area contributed by atoms with Crippen LogP contribution in [0.3, 0.4) is 0 Å². The lowest BCUT2D eigenvalue weighted by molar-refractivity contribution is 0.434. The first-order valence-electron chi connectivity index (χ1n) is 6.52. The molecular formula is C15H14ClNO2. The first kappa shape index (κ1) is 11.4. The van der Waals surface area contributed by atoms with Crippen LogP contribution in [-0.2, 0) is 5.54 Å². The molecule has 0 amide bonds. The second kappa shape index (κ2) is 3.78. The number of hydrogen-bond acceptors (Lipinski definition) is 3. The van der Waals surface area contributed by atoms with Crippen LogP contribution < -0.4 is 5.32 Å². The van der Waals surface area contributed by atoms with E-state index < -0.39 is 0 Å². The maximum absolute atomic E-state index is 6.41. The summed E-state index contributed by atoms with van der Waals surface area (Å²) in [6.07, 6.45) is 5.64. The van der Waals surface area contributed by atoms with Gasteiger partial charge in [-0.25, -0.2) is 0 Å². The molecule has 3 aromatic rings. The third-order valence-corrected chi connectivity index (χ3v) is 4.56. The molecule has 4 rings (SSSR count). The molecule has 98 valence electrons. The number of nitrogens with one attached hydrogen (secondary N) is 1. The summed E-state index contributed by atoms with van der Waals surface area (Å²) in [6, 6.07) is 3.88. The summed E-state index contributed by atoms with van der Waals surface area (Å²) in [4.78, 5) is 0. The molecule has 0 bridgehead atoms. The average Bonchev–Trinajstić information content (AvgIpc) is 3.09. The molecule has 0 spiro atoms. The van der Waals surface area contributed by atoms with Crippen LogP contribution in [0.25, 0.3) is 21.9 Å². The Hall–Kier alpha value is -1.45. The van der Waals surface area contributed by atoms with Crippen molar-refractivity contribution in [1.29, 1.82) is 0 Å². The van der Waals surface area contributed by atoms with E-state index in [4.69, 9.17) is 20.4 Å². The zero-order chi connectivity index (χ0) is 13.0. The van der Waals surface area contributed by atoms with Crippen LogP contribution in [0.5, 0.6) is 0 Å². The van der Waals surface area contributed by atoms with Crippen LogP contribution in [-0.4, -0.2) is 6.54 Å². The van der Waals surface area contributed by atoms with Gasteiger partial charge in [-0.15, -0.1) is 0 Å². The predicted molar refractivity (Wildman–Crippen MR) is 75.6 cm³/mol. The fraction of sp³-hybridized carbons (Fsp3) is 0.333. The second-order valence-electron chi connectivity index (χ2n) is 5.38. The predicted octanol–water partition coefficient (Wildman–Crippen LogP) is 4.43. The number of halogens is 1. The van der Waals surface area contributed by atoms with Gasteiger partial charge in [0.1, 0.15) is 5.58 Å². The molecule has 0 aliphatic carbocycles. The molecule has 1 saturated heterocycles. The van der Waals surface area contributed by atoms with Gasteiger partial charge < -0.3 is 14.2 Å². The molecule has 1 aromatic carbocycles. The minimum atomic E-state index is -0.0805. The minimum absolute atomic E-state index is 0.0805. The fourth-order valence-electron chi connectivity index (χ4n) is 3.25. The SMILES string of the molecule is CC1(c2c3ccoc3c(Cl)c3ccoc23)CCCN1. The number of rotatable bonds is 1. The number of benzene rings is 1. The van der Waals surface area contributed by atoms with Gasteiger partial charge in [-0.2, -0.15) is 0 Å². The Morgan fingerprint density at radius 2 is 1.89 bits per heavy atom. The molecule has 1 unspecified atom stereocenters. The standard InChI is InChI=1S/C15H14ClNO2/c1-15(5-2-6-17-15)11-9-3-7-19-14(9)12(16)10-4-8-18-13(10)11/h3-4,7-8,17H,2,5-6H2,1H3. The summed E-state index contributed by atoms with van der Waals surface area (Å²) in [6.45, 7) is 3.25. The number of hydrogen-bond donors (Lipinski definition) is 1. The van der Waals surface area contributed by atoms with E-state index in [0.29, 0.717) is 5.02 Å². The summed E-state index contributed by atoms with van der Waals surface area (Å²) in [5, 5.41) is 6.19. The molecule has 19 heavy (non-hydrogen) atoms. The topological polar surface area (TPSA) is 38.3 Å². The highest BCUT2D eigenvalue weighted by Crippen LogP contribution is 2.44. The summed E-state index contributed by atoms with van der Waals surface area (Å²) in [7, 11) is 0. The molecule has 2 aromatic heterocycles. The van der Waals surface area contributed by atoms with Gasteiger partial charge in [-0.3, -0.25) is 0 Å². The van der Waals surface area contributed by atoms with Crippen molar-refractivity contribution in [2.24, 2.45) is 0 Å². The largest absolute Gasteiger partial charge is 0.464 e. The Labute approximate surface area is 115 Å². The van der Waals surface area contributed by atoms with Crippen molar-refractivity contribution in [2.45, 2.75) is 25.3 Å². The first-order chi connectivity index (χ1) is 9.21. The quantitative estimate of drug-likeness (QED) is 0.714. The Bertz CT molecular complexity index is 713. The van der Waals surface area contributed by atoms with Crippen LogP contribution >= 0.6 is 11.6 Å². The van der Waals surface area contributed by atoms with Crippen molar-refractivity contribution in [3.8, 4) is 0 Å². The Balaban J connectivity index is 2.18. The van der Waals surface area contributed by atoms with Crippen molar-refractivity contribution in [3.05, 3.63) is 35.2 Å². The molecule has 3 nitrogen and oxygen atoms in total. The van der Waals surface area contributed by atoms with Gasteiger partial charge in [-0.1, -0.05) is 11.6 Å². The summed E-state index contributed by atoms with van der Waals surface area (Å²) in [5.41, 5.74) is 2.71. The highest BCUT2D eigenvalue weighted by Gasteiger charge is 2.35. The van der Waals surface area contributed by atoms with E-state index in [1.165, 1.54) is 6.42 Å². The van der Waals surface area contributed by atoms with Gasteiger partial charge in [-0.05, 0) is 38.4 Å². The Morgan fingerprint density at radius 1 is 1.16 bits per heavy atom. The van der Waals surface area contributed by atoms with E-state index in [-0.39, 0.29) is 5.54 Å². The molecule has 1 fully saturated rings. The monoisotopic (exact) mass is 275 g/mol. The molecule has 1 atom stereocenters. The van der Waals surface area contributed by atoms with Crippen LogP contribution in [0.2, 0.25) is 5.02 Å². The first-order valence-corrected chi connectivity index (χ1v) is 6.90. The molecule has 3 heterocycles. The van der Waals surface area contributed by atoms with E-state index in [0.717, 1.165) is 40.5 Å². The molecule has 1 aliphatic rings. The highest BCUT2D eigenvalue weighted by molar-refractivity contribution is 6.40. The van der Waals surface area contributed by atoms with Crippen LogP contribution in [0, 0.1) is 0 Å². The number of fused-ring (bicyclic) bond motifs is 2. The zero-order valence-electron chi connectivity index (χ0n) is 10.6. The molecule has 0 saturated carbocycles. The highest BCUT2D eigenvalue weighted by atomic mass is 35.5. The summed E-state index contributed by atoms with van der Waals surface area (Å²) >= 11 is 6.41. The summed E-state index contributed by atoms with van der Waals surface area (Å²) in [5.74, 6) is 0. The van der Waals surface area contributed by atoms with Gasteiger partial charge in [0.15, 0.2) is 5.58 Å². The lowest BCUT2D eigenvalue weighted by atomic mass is 9.87. The fourth-order valence-corrected chi connectivity index (χ4v) is 3.55. The normalized spacial score (nSPS) is 23.7. The molecule has 0 radical (unpaired) electrons. The smallest absolute Gasteiger partial charge is 0.153 e. The maximum Gasteiger partial charge on any atom is 0.153 e. The van der Waals surface area contributed by atoms with Crippen molar-refractivity contribution >= 4 is 33.5 Å². The van der Waals surface area contributed by atoms with E-state index >= 15 is 0 Å². The van der Waals surface area contributed by atoms with E-state index in [2.05, 4.69) is 12.2 Å². The Kier molecular flexibility index (Phi) is 2.26. The van der Waals surface area contributed by atoms with Gasteiger partial charge in [0.2, 0.25) is 0 Å². The second-order valence-corrected chi connectivity index (χ2v) is 5.76. The third-order valence-electron chi connectivity index (χ3n) is 4.18. The maximum atomic E-state index is 6.41. The van der Waals surface area contributed by atoms with Crippen LogP contribution in [0.1, 0.15) is 25.3 Å². The molecule has 1 aliphatic heterocycles. The van der Waals surface area contributed by atoms with Crippen molar-refractivity contribution in [1.82, 2.24) is 5.32 Å². The van der Waals surface area contributed by atoms with Crippen molar-refractivity contribution in [3.63, 3.8) is 0 Å². The number of furan rings is 2. The Morgan fingerprint density at radius 3 is 2.63 bits per heavy atom. The van der Waals surface area contributed by atoms with Gasteiger partial charge in [0.25, 0.3) is 0 Å². The van der Waals surface area contributed by atoms with Gasteiger partial charge >= 0.3 is 0 Å². The molecule has 1 N–H and O–H groups in total. The van der Waals surface area contributed by atoms with Crippen LogP contribution in [0.4, 0.5) is 0 Å². The van der Waals surface area contributed by atoms with Gasteiger partial charge in [0.05, 0.1) is 17.5 Å². The van der Waals surface area contributed by atoms with Crippen molar-refractivity contribution < 1.29 is 8.83 Å². The van der Waals surface area contributed by atoms with E-state index in [9.17, 15) is 0 Å². The van der Waals surface area contributed by atoms with Crippen LogP contribution in [0.15, 0.2) is 33.5 Å². The van der Waals surface area contributed by atoms with E-state index in [1.807, 2.05) is 12.1 Å². The summed E-state index contributed by atoms with van der Waals surface area (Å²) < 4.78 is 11.3. The van der Waals surface area contributed by atoms with Crippen molar-refractivity contribution in [2.75, 3.05) is 6.54 Å². The van der Waals surface area contributed by atoms with Gasteiger partial charge in [0, 0.05) is 21.9 Å². The lowest BCUT2D eigenvalue weighted by Gasteiger charge is -2.26. The third kappa shape index (κ3) is 1.43. The van der Waals surface area contributed by atoms with E-state index in [1.54, 1.807) is 12.5 Å². The zero-order valence-corrected chi connectivity index (χ0v) is 11.4.